The molecule has 0 unspecified atom stereocenters. The van der Waals surface area contributed by atoms with Gasteiger partial charge in [-0.05, 0) is 0 Å². The zero-order chi connectivity index (χ0) is 13.4. The van der Waals surface area contributed by atoms with Gasteiger partial charge in [0.25, 0.3) is 5.78 Å². The lowest BCUT2D eigenvalue weighted by atomic mass is 10.0. The molecular formula is C7H5F7O2. The Morgan fingerprint density at radius 1 is 0.875 bits per heavy atom. The maximum Gasteiger partial charge on any atom is 0.456 e. The zero-order valence-electron chi connectivity index (χ0n) is 7.67. The fraction of sp³-hybridized carbons (Fsp3) is 0.714. The molecule has 0 radical (unpaired) electrons. The van der Waals surface area contributed by atoms with E-state index < -0.39 is 36.0 Å². The Labute approximate surface area is 84.4 Å². The van der Waals surface area contributed by atoms with Gasteiger partial charge in [0.15, 0.2) is 0 Å². The standard InChI is InChI=1S/C7H5F7O2/c1-2-5(8,9)3(15)6(10,11)4(16)7(12,13)14/h2H2,1H3. The molecule has 0 saturated heterocycles. The molecule has 0 aromatic heterocycles. The van der Waals surface area contributed by atoms with Crippen LogP contribution in [-0.2, 0) is 9.59 Å². The summed E-state index contributed by atoms with van der Waals surface area (Å²) in [6, 6.07) is 0. The third kappa shape index (κ3) is 2.70. The van der Waals surface area contributed by atoms with E-state index in [0.717, 1.165) is 0 Å². The lowest BCUT2D eigenvalue weighted by Crippen LogP contribution is -2.52. The van der Waals surface area contributed by atoms with Gasteiger partial charge in [-0.1, -0.05) is 6.92 Å². The van der Waals surface area contributed by atoms with Crippen LogP contribution < -0.4 is 0 Å². The second-order valence-corrected chi connectivity index (χ2v) is 2.79. The molecule has 0 amide bonds. The van der Waals surface area contributed by atoms with Gasteiger partial charge in [0.2, 0.25) is 0 Å². The van der Waals surface area contributed by atoms with E-state index in [-0.39, 0.29) is 0 Å². The fourth-order valence-electron chi connectivity index (χ4n) is 0.671. The molecule has 0 fully saturated rings. The average Bonchev–Trinajstić information content (AvgIpc) is 2.13. The van der Waals surface area contributed by atoms with Crippen LogP contribution in [0.4, 0.5) is 30.7 Å². The van der Waals surface area contributed by atoms with E-state index in [2.05, 4.69) is 0 Å². The van der Waals surface area contributed by atoms with Crippen molar-refractivity contribution < 1.29 is 40.3 Å². The Morgan fingerprint density at radius 3 is 1.50 bits per heavy atom. The molecule has 16 heavy (non-hydrogen) atoms. The molecule has 0 aliphatic carbocycles. The van der Waals surface area contributed by atoms with Crippen molar-refractivity contribution >= 4 is 11.6 Å². The minimum absolute atomic E-state index is 0.617. The molecule has 0 aliphatic rings. The highest BCUT2D eigenvalue weighted by Gasteiger charge is 2.64. The number of alkyl halides is 7. The SMILES string of the molecule is CCC(F)(F)C(=O)C(F)(F)C(=O)C(F)(F)F. The third-order valence-corrected chi connectivity index (χ3v) is 1.60. The highest BCUT2D eigenvalue weighted by molar-refractivity contribution is 6.13. The summed E-state index contributed by atoms with van der Waals surface area (Å²) in [5, 5.41) is 0. The van der Waals surface area contributed by atoms with Crippen molar-refractivity contribution in [3.63, 3.8) is 0 Å². The molecule has 9 heteroatoms. The van der Waals surface area contributed by atoms with Crippen LogP contribution in [0.1, 0.15) is 13.3 Å². The average molecular weight is 254 g/mol. The molecule has 2 nitrogen and oxygen atoms in total. The smallest absolute Gasteiger partial charge is 0.286 e. The van der Waals surface area contributed by atoms with Crippen molar-refractivity contribution in [3.8, 4) is 0 Å². The Hall–Kier alpha value is -1.15. The van der Waals surface area contributed by atoms with E-state index in [1.807, 2.05) is 0 Å². The zero-order valence-corrected chi connectivity index (χ0v) is 7.67. The van der Waals surface area contributed by atoms with Gasteiger partial charge in [0.1, 0.15) is 0 Å². The molecule has 0 atom stereocenters. The largest absolute Gasteiger partial charge is 0.456 e. The van der Waals surface area contributed by atoms with Crippen molar-refractivity contribution in [1.82, 2.24) is 0 Å². The van der Waals surface area contributed by atoms with E-state index in [0.29, 0.717) is 6.92 Å². The lowest BCUT2D eigenvalue weighted by molar-refractivity contribution is -0.203. The number of hydrogen-bond acceptors (Lipinski definition) is 2. The molecule has 0 aliphatic heterocycles. The van der Waals surface area contributed by atoms with Crippen LogP contribution >= 0.6 is 0 Å². The lowest BCUT2D eigenvalue weighted by Gasteiger charge is -2.20. The Kier molecular flexibility index (Phi) is 3.73. The molecule has 0 rings (SSSR count). The van der Waals surface area contributed by atoms with Crippen molar-refractivity contribution in [3.05, 3.63) is 0 Å². The summed E-state index contributed by atoms with van der Waals surface area (Å²) in [6.45, 7) is 0.617. The molecule has 0 aromatic rings. The Balaban J connectivity index is 5.24. The van der Waals surface area contributed by atoms with E-state index in [4.69, 9.17) is 0 Å². The van der Waals surface area contributed by atoms with Gasteiger partial charge in [-0.25, -0.2) is 0 Å². The first-order chi connectivity index (χ1) is 6.87. The minimum Gasteiger partial charge on any atom is -0.286 e. The molecule has 0 spiro atoms. The van der Waals surface area contributed by atoms with Gasteiger partial charge >= 0.3 is 23.8 Å². The van der Waals surface area contributed by atoms with E-state index >= 15 is 0 Å². The summed E-state index contributed by atoms with van der Waals surface area (Å²) in [5.74, 6) is -17.6. The number of Topliss-reactive ketones (excluding diaryl/α,β-unsaturated/α-hetero) is 2. The number of halogens is 7. The van der Waals surface area contributed by atoms with E-state index in [1.54, 1.807) is 0 Å². The monoisotopic (exact) mass is 254 g/mol. The van der Waals surface area contributed by atoms with Gasteiger partial charge < -0.3 is 0 Å². The topological polar surface area (TPSA) is 34.1 Å². The fourth-order valence-corrected chi connectivity index (χ4v) is 0.671. The normalized spacial score (nSPS) is 13.8. The minimum atomic E-state index is -6.05. The maximum absolute atomic E-state index is 12.5. The van der Waals surface area contributed by atoms with Crippen LogP contribution in [-0.4, -0.2) is 29.6 Å². The number of carbonyl (C=O) groups excluding carboxylic acids is 2. The van der Waals surface area contributed by atoms with E-state index in [9.17, 15) is 40.3 Å². The molecule has 94 valence electrons. The summed E-state index contributed by atoms with van der Waals surface area (Å²) < 4.78 is 84.6. The van der Waals surface area contributed by atoms with Gasteiger partial charge in [-0.2, -0.15) is 30.7 Å². The van der Waals surface area contributed by atoms with Gasteiger partial charge in [-0.15, -0.1) is 0 Å². The second kappa shape index (κ2) is 4.02. The van der Waals surface area contributed by atoms with Crippen molar-refractivity contribution in [2.45, 2.75) is 31.4 Å². The first kappa shape index (κ1) is 14.8. The molecule has 0 N–H and O–H groups in total. The van der Waals surface area contributed by atoms with Crippen molar-refractivity contribution in [2.75, 3.05) is 0 Å². The molecule has 0 heterocycles. The van der Waals surface area contributed by atoms with Crippen LogP contribution in [0, 0.1) is 0 Å². The summed E-state index contributed by atoms with van der Waals surface area (Å²) in [5.41, 5.74) is 0. The molecule has 0 aromatic carbocycles. The summed E-state index contributed by atoms with van der Waals surface area (Å²) in [7, 11) is 0. The quantitative estimate of drug-likeness (QED) is 0.570. The molecular weight excluding hydrogens is 249 g/mol. The van der Waals surface area contributed by atoms with Crippen LogP contribution in [0.5, 0.6) is 0 Å². The van der Waals surface area contributed by atoms with Crippen LogP contribution in [0.25, 0.3) is 0 Å². The Bertz CT molecular complexity index is 304. The van der Waals surface area contributed by atoms with Crippen molar-refractivity contribution in [1.29, 1.82) is 0 Å². The summed E-state index contributed by atoms with van der Waals surface area (Å²) >= 11 is 0. The number of hydrogen-bond donors (Lipinski definition) is 0. The number of ketones is 2. The van der Waals surface area contributed by atoms with Crippen molar-refractivity contribution in [2.24, 2.45) is 0 Å². The van der Waals surface area contributed by atoms with Gasteiger partial charge in [0, 0.05) is 6.42 Å². The van der Waals surface area contributed by atoms with Crippen LogP contribution in [0.3, 0.4) is 0 Å². The third-order valence-electron chi connectivity index (χ3n) is 1.60. The predicted octanol–water partition coefficient (Wildman–Crippen LogP) is 2.37. The number of rotatable bonds is 4. The maximum atomic E-state index is 12.5. The van der Waals surface area contributed by atoms with Crippen LogP contribution in [0.2, 0.25) is 0 Å². The Morgan fingerprint density at radius 2 is 1.25 bits per heavy atom. The second-order valence-electron chi connectivity index (χ2n) is 2.79. The van der Waals surface area contributed by atoms with Gasteiger partial charge in [0.05, 0.1) is 0 Å². The first-order valence-corrected chi connectivity index (χ1v) is 3.79. The highest BCUT2D eigenvalue weighted by Crippen LogP contribution is 2.34. The first-order valence-electron chi connectivity index (χ1n) is 3.79. The van der Waals surface area contributed by atoms with E-state index in [1.165, 1.54) is 0 Å². The predicted molar refractivity (Wildman–Crippen MR) is 36.3 cm³/mol. The highest BCUT2D eigenvalue weighted by atomic mass is 19.4. The summed E-state index contributed by atoms with van der Waals surface area (Å²) in [4.78, 5) is 20.4. The van der Waals surface area contributed by atoms with Crippen LogP contribution in [0.15, 0.2) is 0 Å². The molecule has 0 saturated carbocycles. The molecule has 0 bridgehead atoms. The van der Waals surface area contributed by atoms with Gasteiger partial charge in [-0.3, -0.25) is 9.59 Å². The summed E-state index contributed by atoms with van der Waals surface area (Å²) in [6.07, 6.45) is -7.48. The number of carbonyl (C=O) groups is 2.